The van der Waals surface area contributed by atoms with Crippen molar-refractivity contribution in [2.24, 2.45) is 0 Å². The van der Waals surface area contributed by atoms with Crippen LogP contribution in [0, 0.1) is 11.3 Å². The molecule has 0 saturated heterocycles. The van der Waals surface area contributed by atoms with Gasteiger partial charge in [-0.2, -0.15) is 5.26 Å². The van der Waals surface area contributed by atoms with Crippen LogP contribution in [0.1, 0.15) is 31.2 Å². The Kier molecular flexibility index (Phi) is 4.43. The van der Waals surface area contributed by atoms with Crippen LogP contribution in [0.15, 0.2) is 41.6 Å². The molecule has 0 bridgehead atoms. The first kappa shape index (κ1) is 15.3. The van der Waals surface area contributed by atoms with Crippen LogP contribution in [-0.4, -0.2) is 23.7 Å². The average molecular weight is 303 g/mol. The number of sulfone groups is 1. The highest BCUT2D eigenvalue weighted by Gasteiger charge is 2.16. The molecule has 0 fully saturated rings. The van der Waals surface area contributed by atoms with Gasteiger partial charge in [0.15, 0.2) is 9.84 Å². The third kappa shape index (κ3) is 3.50. The molecule has 1 aromatic heterocycles. The van der Waals surface area contributed by atoms with E-state index in [1.54, 1.807) is 24.5 Å². The summed E-state index contributed by atoms with van der Waals surface area (Å²) in [6.45, 7) is 4.39. The van der Waals surface area contributed by atoms with E-state index in [4.69, 9.17) is 5.26 Å². The van der Waals surface area contributed by atoms with Gasteiger partial charge in [-0.15, -0.1) is 0 Å². The largest absolute Gasteiger partial charge is 0.334 e. The molecule has 0 aliphatic heterocycles. The molecule has 0 atom stereocenters. The molecular formula is C15H17N3O2S. The first-order valence-electron chi connectivity index (χ1n) is 6.68. The molecule has 0 unspecified atom stereocenters. The zero-order valence-electron chi connectivity index (χ0n) is 12.0. The standard InChI is InChI=1S/C15H17N3O2S/c1-12(2)15-17-6-7-18(15)8-9-21(19,20)14-5-3-4-13(10-14)11-16/h3-7,10,12H,8-9H2,1-2H3. The van der Waals surface area contributed by atoms with Gasteiger partial charge in [0.05, 0.1) is 22.3 Å². The average Bonchev–Trinajstić information content (AvgIpc) is 2.94. The minimum absolute atomic E-state index is 0.0159. The molecule has 0 aliphatic rings. The highest BCUT2D eigenvalue weighted by molar-refractivity contribution is 7.91. The van der Waals surface area contributed by atoms with Crippen LogP contribution in [0.2, 0.25) is 0 Å². The fourth-order valence-corrected chi connectivity index (χ4v) is 3.37. The number of aryl methyl sites for hydroxylation is 1. The highest BCUT2D eigenvalue weighted by atomic mass is 32.2. The smallest absolute Gasteiger partial charge is 0.180 e. The van der Waals surface area contributed by atoms with Gasteiger partial charge in [0, 0.05) is 24.9 Å². The summed E-state index contributed by atoms with van der Waals surface area (Å²) in [5.74, 6) is 1.10. The lowest BCUT2D eigenvalue weighted by molar-refractivity contribution is 0.583. The Bertz CT molecular complexity index is 770. The maximum atomic E-state index is 12.3. The lowest BCUT2D eigenvalue weighted by Crippen LogP contribution is -2.15. The number of nitrogens with zero attached hydrogens (tertiary/aromatic N) is 3. The maximum absolute atomic E-state index is 12.3. The molecule has 0 radical (unpaired) electrons. The predicted octanol–water partition coefficient (Wildman–Crippen LogP) is 2.35. The van der Waals surface area contributed by atoms with E-state index >= 15 is 0 Å². The molecule has 0 spiro atoms. The molecule has 0 N–H and O–H groups in total. The number of rotatable bonds is 5. The van der Waals surface area contributed by atoms with Crippen molar-refractivity contribution in [2.75, 3.05) is 5.75 Å². The zero-order valence-corrected chi connectivity index (χ0v) is 12.8. The van der Waals surface area contributed by atoms with Crippen LogP contribution in [-0.2, 0) is 16.4 Å². The highest BCUT2D eigenvalue weighted by Crippen LogP contribution is 2.15. The van der Waals surface area contributed by atoms with Crippen molar-refractivity contribution in [3.05, 3.63) is 48.0 Å². The van der Waals surface area contributed by atoms with Crippen LogP contribution in [0.25, 0.3) is 0 Å². The van der Waals surface area contributed by atoms with Crippen LogP contribution >= 0.6 is 0 Å². The zero-order chi connectivity index (χ0) is 15.5. The summed E-state index contributed by atoms with van der Waals surface area (Å²) in [5.41, 5.74) is 0.349. The van der Waals surface area contributed by atoms with Crippen molar-refractivity contribution in [2.45, 2.75) is 31.2 Å². The molecule has 0 aliphatic carbocycles. The summed E-state index contributed by atoms with van der Waals surface area (Å²) in [7, 11) is -3.41. The van der Waals surface area contributed by atoms with Gasteiger partial charge in [-0.3, -0.25) is 0 Å². The summed E-state index contributed by atoms with van der Waals surface area (Å²) >= 11 is 0. The van der Waals surface area contributed by atoms with Crippen LogP contribution in [0.4, 0.5) is 0 Å². The van der Waals surface area contributed by atoms with Crippen molar-refractivity contribution in [3.63, 3.8) is 0 Å². The second kappa shape index (κ2) is 6.10. The Morgan fingerprint density at radius 1 is 1.38 bits per heavy atom. The number of hydrogen-bond acceptors (Lipinski definition) is 4. The summed E-state index contributed by atoms with van der Waals surface area (Å²) in [5, 5.41) is 8.85. The van der Waals surface area contributed by atoms with Crippen LogP contribution < -0.4 is 0 Å². The molecule has 0 saturated carbocycles. The Labute approximate surface area is 124 Å². The Balaban J connectivity index is 2.18. The SMILES string of the molecule is CC(C)c1nccn1CCS(=O)(=O)c1cccc(C#N)c1. The number of nitriles is 1. The van der Waals surface area contributed by atoms with Crippen molar-refractivity contribution in [1.82, 2.24) is 9.55 Å². The van der Waals surface area contributed by atoms with E-state index in [9.17, 15) is 8.42 Å². The second-order valence-electron chi connectivity index (χ2n) is 5.09. The fourth-order valence-electron chi connectivity index (χ4n) is 2.11. The van der Waals surface area contributed by atoms with E-state index < -0.39 is 9.84 Å². The lowest BCUT2D eigenvalue weighted by atomic mass is 10.2. The van der Waals surface area contributed by atoms with Crippen molar-refractivity contribution in [1.29, 1.82) is 5.26 Å². The Morgan fingerprint density at radius 2 is 2.14 bits per heavy atom. The molecule has 2 rings (SSSR count). The van der Waals surface area contributed by atoms with E-state index in [1.807, 2.05) is 24.5 Å². The van der Waals surface area contributed by atoms with Crippen molar-refractivity contribution >= 4 is 9.84 Å². The number of hydrogen-bond donors (Lipinski definition) is 0. The number of imidazole rings is 1. The first-order chi connectivity index (χ1) is 9.94. The predicted molar refractivity (Wildman–Crippen MR) is 79.5 cm³/mol. The topological polar surface area (TPSA) is 75.8 Å². The molecule has 0 amide bonds. The van der Waals surface area contributed by atoms with Gasteiger partial charge >= 0.3 is 0 Å². The van der Waals surface area contributed by atoms with Gasteiger partial charge in [-0.1, -0.05) is 19.9 Å². The van der Waals surface area contributed by atoms with Gasteiger partial charge in [-0.05, 0) is 18.2 Å². The van der Waals surface area contributed by atoms with Gasteiger partial charge in [0.1, 0.15) is 5.82 Å². The first-order valence-corrected chi connectivity index (χ1v) is 8.33. The summed E-state index contributed by atoms with van der Waals surface area (Å²) in [6, 6.07) is 8.06. The molecule has 2 aromatic rings. The van der Waals surface area contributed by atoms with E-state index in [1.165, 1.54) is 12.1 Å². The minimum Gasteiger partial charge on any atom is -0.334 e. The van der Waals surface area contributed by atoms with E-state index in [2.05, 4.69) is 4.98 Å². The maximum Gasteiger partial charge on any atom is 0.180 e. The van der Waals surface area contributed by atoms with Gasteiger partial charge in [-0.25, -0.2) is 13.4 Å². The molecule has 5 nitrogen and oxygen atoms in total. The quantitative estimate of drug-likeness (QED) is 0.849. The summed E-state index contributed by atoms with van der Waals surface area (Å²) in [6.07, 6.45) is 3.47. The third-order valence-corrected chi connectivity index (χ3v) is 4.88. The summed E-state index contributed by atoms with van der Waals surface area (Å²) in [4.78, 5) is 4.43. The van der Waals surface area contributed by atoms with E-state index in [-0.39, 0.29) is 16.6 Å². The molecule has 110 valence electrons. The van der Waals surface area contributed by atoms with Gasteiger partial charge < -0.3 is 4.57 Å². The molecule has 6 heteroatoms. The van der Waals surface area contributed by atoms with E-state index in [0.717, 1.165) is 5.82 Å². The normalized spacial score (nSPS) is 11.5. The lowest BCUT2D eigenvalue weighted by Gasteiger charge is -2.10. The minimum atomic E-state index is -3.41. The monoisotopic (exact) mass is 303 g/mol. The second-order valence-corrected chi connectivity index (χ2v) is 7.20. The van der Waals surface area contributed by atoms with Crippen molar-refractivity contribution < 1.29 is 8.42 Å². The van der Waals surface area contributed by atoms with E-state index in [0.29, 0.717) is 12.1 Å². The van der Waals surface area contributed by atoms with Crippen LogP contribution in [0.5, 0.6) is 0 Å². The third-order valence-electron chi connectivity index (χ3n) is 3.19. The van der Waals surface area contributed by atoms with Crippen LogP contribution in [0.3, 0.4) is 0 Å². The Hall–Kier alpha value is -2.13. The molecule has 21 heavy (non-hydrogen) atoms. The molecule has 1 heterocycles. The number of aromatic nitrogens is 2. The number of benzene rings is 1. The van der Waals surface area contributed by atoms with Crippen molar-refractivity contribution in [3.8, 4) is 6.07 Å². The van der Waals surface area contributed by atoms with Gasteiger partial charge in [0.2, 0.25) is 0 Å². The molecule has 1 aromatic carbocycles. The fraction of sp³-hybridized carbons (Fsp3) is 0.333. The van der Waals surface area contributed by atoms with Gasteiger partial charge in [0.25, 0.3) is 0 Å². The molecular weight excluding hydrogens is 286 g/mol. The summed E-state index contributed by atoms with van der Waals surface area (Å²) < 4.78 is 26.5. The Morgan fingerprint density at radius 3 is 2.81 bits per heavy atom.